The maximum absolute atomic E-state index is 11.3. The van der Waals surface area contributed by atoms with Crippen molar-refractivity contribution in [1.82, 2.24) is 0 Å². The molecule has 0 saturated carbocycles. The third kappa shape index (κ3) is 1.93. The van der Waals surface area contributed by atoms with Crippen LogP contribution in [0.1, 0.15) is 17.0 Å². The maximum atomic E-state index is 11.3. The van der Waals surface area contributed by atoms with E-state index in [-0.39, 0.29) is 11.9 Å². The summed E-state index contributed by atoms with van der Waals surface area (Å²) >= 11 is 0. The van der Waals surface area contributed by atoms with Crippen LogP contribution in [-0.2, 0) is 9.53 Å². The SMILES string of the molecule is COC(=O)C1CCN(c2ccc(C=O)o2)C1. The first kappa shape index (κ1) is 10.7. The van der Waals surface area contributed by atoms with Crippen molar-refractivity contribution in [3.63, 3.8) is 0 Å². The van der Waals surface area contributed by atoms with E-state index < -0.39 is 0 Å². The van der Waals surface area contributed by atoms with Crippen LogP contribution in [0.5, 0.6) is 0 Å². The predicted octanol–water partition coefficient (Wildman–Crippen LogP) is 1.09. The van der Waals surface area contributed by atoms with Gasteiger partial charge in [-0.3, -0.25) is 9.59 Å². The molecule has 0 spiro atoms. The second-order valence-electron chi connectivity index (χ2n) is 3.75. The molecule has 16 heavy (non-hydrogen) atoms. The van der Waals surface area contributed by atoms with E-state index in [1.807, 2.05) is 4.90 Å². The first-order valence-corrected chi connectivity index (χ1v) is 5.12. The predicted molar refractivity (Wildman–Crippen MR) is 56.4 cm³/mol. The zero-order valence-electron chi connectivity index (χ0n) is 9.01. The molecule has 86 valence electrons. The second-order valence-corrected chi connectivity index (χ2v) is 3.75. The summed E-state index contributed by atoms with van der Waals surface area (Å²) in [6.07, 6.45) is 1.42. The molecule has 0 amide bonds. The lowest BCUT2D eigenvalue weighted by atomic mass is 10.1. The third-order valence-electron chi connectivity index (χ3n) is 2.76. The standard InChI is InChI=1S/C11H13NO4/c1-15-11(14)8-4-5-12(6-8)10-3-2-9(7-13)16-10/h2-3,7-8H,4-6H2,1H3. The molecule has 0 radical (unpaired) electrons. The van der Waals surface area contributed by atoms with Crippen LogP contribution in [0.2, 0.25) is 0 Å². The molecule has 0 aliphatic carbocycles. The van der Waals surface area contributed by atoms with E-state index in [0.29, 0.717) is 24.5 Å². The van der Waals surface area contributed by atoms with E-state index >= 15 is 0 Å². The lowest BCUT2D eigenvalue weighted by Gasteiger charge is -2.13. The first-order valence-electron chi connectivity index (χ1n) is 5.12. The van der Waals surface area contributed by atoms with Gasteiger partial charge < -0.3 is 14.1 Å². The molecule has 5 heteroatoms. The highest BCUT2D eigenvalue weighted by Crippen LogP contribution is 2.25. The molecule has 1 aliphatic heterocycles. The number of hydrogen-bond donors (Lipinski definition) is 0. The fourth-order valence-electron chi connectivity index (χ4n) is 1.90. The molecule has 2 rings (SSSR count). The van der Waals surface area contributed by atoms with Gasteiger partial charge in [0.15, 0.2) is 17.9 Å². The third-order valence-corrected chi connectivity index (χ3v) is 2.76. The highest BCUT2D eigenvalue weighted by Gasteiger charge is 2.30. The Morgan fingerprint density at radius 2 is 2.44 bits per heavy atom. The van der Waals surface area contributed by atoms with Crippen molar-refractivity contribution in [3.8, 4) is 0 Å². The van der Waals surface area contributed by atoms with Gasteiger partial charge in [0.25, 0.3) is 0 Å². The second kappa shape index (κ2) is 4.38. The van der Waals surface area contributed by atoms with Gasteiger partial charge in [-0.15, -0.1) is 0 Å². The van der Waals surface area contributed by atoms with E-state index in [1.54, 1.807) is 12.1 Å². The summed E-state index contributed by atoms with van der Waals surface area (Å²) in [5.41, 5.74) is 0. The van der Waals surface area contributed by atoms with Crippen molar-refractivity contribution in [3.05, 3.63) is 17.9 Å². The van der Waals surface area contributed by atoms with Crippen LogP contribution in [-0.4, -0.2) is 32.5 Å². The van der Waals surface area contributed by atoms with Gasteiger partial charge in [-0.05, 0) is 12.5 Å². The topological polar surface area (TPSA) is 59.8 Å². The summed E-state index contributed by atoms with van der Waals surface area (Å²) in [6.45, 7) is 1.32. The summed E-state index contributed by atoms with van der Waals surface area (Å²) < 4.78 is 9.98. The Bertz CT molecular complexity index is 398. The molecular formula is C11H13NO4. The van der Waals surface area contributed by atoms with Gasteiger partial charge >= 0.3 is 5.97 Å². The molecule has 1 aromatic rings. The number of methoxy groups -OCH3 is 1. The van der Waals surface area contributed by atoms with Crippen molar-refractivity contribution >= 4 is 18.1 Å². The Morgan fingerprint density at radius 3 is 3.06 bits per heavy atom. The lowest BCUT2D eigenvalue weighted by molar-refractivity contribution is -0.144. The lowest BCUT2D eigenvalue weighted by Crippen LogP contribution is -2.23. The van der Waals surface area contributed by atoms with E-state index in [9.17, 15) is 9.59 Å². The van der Waals surface area contributed by atoms with Crippen molar-refractivity contribution < 1.29 is 18.7 Å². The summed E-state index contributed by atoms with van der Waals surface area (Å²) in [4.78, 5) is 23.7. The Labute approximate surface area is 93.0 Å². The number of esters is 1. The van der Waals surface area contributed by atoms with Crippen molar-refractivity contribution in [1.29, 1.82) is 0 Å². The number of ether oxygens (including phenoxy) is 1. The summed E-state index contributed by atoms with van der Waals surface area (Å²) in [5.74, 6) is 0.643. The molecule has 0 aromatic carbocycles. The number of anilines is 1. The minimum atomic E-state index is -0.190. The Kier molecular flexibility index (Phi) is 2.94. The van der Waals surface area contributed by atoms with Gasteiger partial charge in [0.2, 0.25) is 0 Å². The molecule has 2 heterocycles. The van der Waals surface area contributed by atoms with Crippen LogP contribution >= 0.6 is 0 Å². The Balaban J connectivity index is 2.03. The number of hydrogen-bond acceptors (Lipinski definition) is 5. The van der Waals surface area contributed by atoms with Crippen LogP contribution in [0, 0.1) is 5.92 Å². The van der Waals surface area contributed by atoms with Gasteiger partial charge in [-0.25, -0.2) is 0 Å². The van der Waals surface area contributed by atoms with E-state index in [0.717, 1.165) is 13.0 Å². The van der Waals surface area contributed by atoms with Crippen LogP contribution in [0.15, 0.2) is 16.5 Å². The van der Waals surface area contributed by atoms with E-state index in [2.05, 4.69) is 0 Å². The van der Waals surface area contributed by atoms with Crippen LogP contribution in [0.25, 0.3) is 0 Å². The van der Waals surface area contributed by atoms with Crippen LogP contribution < -0.4 is 4.90 Å². The van der Waals surface area contributed by atoms with E-state index in [4.69, 9.17) is 9.15 Å². The highest BCUT2D eigenvalue weighted by molar-refractivity contribution is 5.74. The molecule has 1 aliphatic rings. The molecule has 1 fully saturated rings. The molecule has 0 N–H and O–H groups in total. The molecular weight excluding hydrogens is 210 g/mol. The smallest absolute Gasteiger partial charge is 0.310 e. The van der Waals surface area contributed by atoms with E-state index in [1.165, 1.54) is 7.11 Å². The number of carbonyl (C=O) groups excluding carboxylic acids is 2. The average Bonchev–Trinajstić information content (AvgIpc) is 2.95. The number of aldehydes is 1. The molecule has 1 unspecified atom stereocenters. The van der Waals surface area contributed by atoms with Crippen LogP contribution in [0.4, 0.5) is 5.88 Å². The molecule has 0 bridgehead atoms. The fourth-order valence-corrected chi connectivity index (χ4v) is 1.90. The number of rotatable bonds is 3. The number of nitrogens with zero attached hydrogens (tertiary/aromatic N) is 1. The Morgan fingerprint density at radius 1 is 1.62 bits per heavy atom. The molecule has 1 atom stereocenters. The average molecular weight is 223 g/mol. The summed E-state index contributed by atoms with van der Waals surface area (Å²) in [7, 11) is 1.39. The molecule has 5 nitrogen and oxygen atoms in total. The summed E-state index contributed by atoms with van der Waals surface area (Å²) in [5, 5.41) is 0. The monoisotopic (exact) mass is 223 g/mol. The highest BCUT2D eigenvalue weighted by atomic mass is 16.5. The van der Waals surface area contributed by atoms with Gasteiger partial charge in [0.1, 0.15) is 0 Å². The van der Waals surface area contributed by atoms with Gasteiger partial charge in [-0.1, -0.05) is 0 Å². The normalized spacial score (nSPS) is 19.8. The minimum Gasteiger partial charge on any atom is -0.469 e. The summed E-state index contributed by atoms with van der Waals surface area (Å²) in [6, 6.07) is 3.36. The molecule has 1 aromatic heterocycles. The first-order chi connectivity index (χ1) is 7.74. The van der Waals surface area contributed by atoms with Crippen molar-refractivity contribution in [2.75, 3.05) is 25.1 Å². The zero-order chi connectivity index (χ0) is 11.5. The van der Waals surface area contributed by atoms with Gasteiger partial charge in [0.05, 0.1) is 13.0 Å². The Hall–Kier alpha value is -1.78. The fraction of sp³-hybridized carbons (Fsp3) is 0.455. The van der Waals surface area contributed by atoms with Crippen molar-refractivity contribution in [2.45, 2.75) is 6.42 Å². The van der Waals surface area contributed by atoms with Gasteiger partial charge in [-0.2, -0.15) is 0 Å². The van der Waals surface area contributed by atoms with Crippen molar-refractivity contribution in [2.24, 2.45) is 5.92 Å². The molecule has 1 saturated heterocycles. The maximum Gasteiger partial charge on any atom is 0.310 e. The minimum absolute atomic E-state index is 0.102. The van der Waals surface area contributed by atoms with Gasteiger partial charge in [0, 0.05) is 19.2 Å². The zero-order valence-corrected chi connectivity index (χ0v) is 9.01. The van der Waals surface area contributed by atoms with Crippen LogP contribution in [0.3, 0.4) is 0 Å². The number of carbonyl (C=O) groups is 2. The number of furan rings is 1. The largest absolute Gasteiger partial charge is 0.469 e. The quantitative estimate of drug-likeness (QED) is 0.567.